The molecule has 0 radical (unpaired) electrons. The SMILES string of the molecule is CN(CCN1CCCC1)Cc1cc(N)ccc1Br. The van der Waals surface area contributed by atoms with Crippen molar-refractivity contribution < 1.29 is 0 Å². The summed E-state index contributed by atoms with van der Waals surface area (Å²) in [6.07, 6.45) is 2.73. The van der Waals surface area contributed by atoms with Gasteiger partial charge in [-0.05, 0) is 56.7 Å². The fourth-order valence-electron chi connectivity index (χ4n) is 2.40. The van der Waals surface area contributed by atoms with Crippen molar-refractivity contribution >= 4 is 21.6 Å². The average molecular weight is 312 g/mol. The number of nitrogens with zero attached hydrogens (tertiary/aromatic N) is 2. The first kappa shape index (κ1) is 13.8. The predicted molar refractivity (Wildman–Crippen MR) is 80.6 cm³/mol. The van der Waals surface area contributed by atoms with E-state index in [1.54, 1.807) is 0 Å². The highest BCUT2D eigenvalue weighted by Crippen LogP contribution is 2.20. The van der Waals surface area contributed by atoms with Gasteiger partial charge in [-0.1, -0.05) is 15.9 Å². The molecule has 100 valence electrons. The second-order valence-corrected chi connectivity index (χ2v) is 5.99. The van der Waals surface area contributed by atoms with Crippen molar-refractivity contribution in [3.63, 3.8) is 0 Å². The van der Waals surface area contributed by atoms with E-state index < -0.39 is 0 Å². The van der Waals surface area contributed by atoms with Crippen LogP contribution in [0.3, 0.4) is 0 Å². The van der Waals surface area contributed by atoms with Crippen LogP contribution in [0, 0.1) is 0 Å². The molecule has 0 amide bonds. The normalized spacial score (nSPS) is 16.6. The van der Waals surface area contributed by atoms with E-state index in [0.29, 0.717) is 0 Å². The minimum atomic E-state index is 0.834. The van der Waals surface area contributed by atoms with Crippen LogP contribution in [0.5, 0.6) is 0 Å². The second kappa shape index (κ2) is 6.55. The summed E-state index contributed by atoms with van der Waals surface area (Å²) in [6.45, 7) is 5.78. The smallest absolute Gasteiger partial charge is 0.0318 e. The Balaban J connectivity index is 1.82. The van der Waals surface area contributed by atoms with Crippen LogP contribution in [0.4, 0.5) is 5.69 Å². The van der Waals surface area contributed by atoms with Crippen molar-refractivity contribution in [3.8, 4) is 0 Å². The second-order valence-electron chi connectivity index (χ2n) is 5.14. The van der Waals surface area contributed by atoms with Gasteiger partial charge in [0.1, 0.15) is 0 Å². The summed E-state index contributed by atoms with van der Waals surface area (Å²) < 4.78 is 1.14. The molecule has 4 heteroatoms. The molecule has 1 fully saturated rings. The number of benzene rings is 1. The number of halogens is 1. The fourth-order valence-corrected chi connectivity index (χ4v) is 2.78. The molecule has 1 aliphatic rings. The van der Waals surface area contributed by atoms with Crippen molar-refractivity contribution in [3.05, 3.63) is 28.2 Å². The Morgan fingerprint density at radius 1 is 1.33 bits per heavy atom. The maximum absolute atomic E-state index is 5.83. The van der Waals surface area contributed by atoms with Crippen LogP contribution in [0.25, 0.3) is 0 Å². The molecule has 0 atom stereocenters. The Bertz CT molecular complexity index is 389. The third-order valence-corrected chi connectivity index (χ3v) is 4.28. The molecule has 0 unspecified atom stereocenters. The molecule has 18 heavy (non-hydrogen) atoms. The summed E-state index contributed by atoms with van der Waals surface area (Å²) >= 11 is 3.58. The Morgan fingerprint density at radius 2 is 2.06 bits per heavy atom. The van der Waals surface area contributed by atoms with E-state index in [4.69, 9.17) is 5.73 Å². The molecule has 0 aliphatic carbocycles. The van der Waals surface area contributed by atoms with Gasteiger partial charge in [0.25, 0.3) is 0 Å². The third-order valence-electron chi connectivity index (χ3n) is 3.51. The zero-order valence-corrected chi connectivity index (χ0v) is 12.6. The van der Waals surface area contributed by atoms with Crippen molar-refractivity contribution in [1.29, 1.82) is 0 Å². The zero-order valence-electron chi connectivity index (χ0n) is 11.0. The van der Waals surface area contributed by atoms with E-state index in [0.717, 1.165) is 23.2 Å². The molecule has 1 saturated heterocycles. The van der Waals surface area contributed by atoms with Gasteiger partial charge >= 0.3 is 0 Å². The lowest BCUT2D eigenvalue weighted by Gasteiger charge is -2.21. The quantitative estimate of drug-likeness (QED) is 0.848. The number of likely N-dealkylation sites (N-methyl/N-ethyl adjacent to an activating group) is 1. The van der Waals surface area contributed by atoms with Gasteiger partial charge in [-0.25, -0.2) is 0 Å². The van der Waals surface area contributed by atoms with E-state index in [2.05, 4.69) is 38.8 Å². The van der Waals surface area contributed by atoms with Crippen LogP contribution < -0.4 is 5.73 Å². The highest BCUT2D eigenvalue weighted by atomic mass is 79.9. The number of hydrogen-bond acceptors (Lipinski definition) is 3. The average Bonchev–Trinajstić information content (AvgIpc) is 2.84. The van der Waals surface area contributed by atoms with Crippen molar-refractivity contribution in [2.45, 2.75) is 19.4 Å². The van der Waals surface area contributed by atoms with Crippen LogP contribution >= 0.6 is 15.9 Å². The Hall–Kier alpha value is -0.580. The molecule has 1 aromatic carbocycles. The summed E-state index contributed by atoms with van der Waals surface area (Å²) in [7, 11) is 2.17. The summed E-state index contributed by atoms with van der Waals surface area (Å²) in [6, 6.07) is 6.01. The first-order chi connectivity index (χ1) is 8.65. The first-order valence-corrected chi connectivity index (χ1v) is 7.39. The van der Waals surface area contributed by atoms with Gasteiger partial charge in [-0.3, -0.25) is 0 Å². The Kier molecular flexibility index (Phi) is 5.03. The molecule has 0 saturated carbocycles. The van der Waals surface area contributed by atoms with Gasteiger partial charge in [0, 0.05) is 29.8 Å². The number of likely N-dealkylation sites (tertiary alicyclic amines) is 1. The van der Waals surface area contributed by atoms with E-state index in [-0.39, 0.29) is 0 Å². The van der Waals surface area contributed by atoms with E-state index >= 15 is 0 Å². The number of nitrogens with two attached hydrogens (primary N) is 1. The molecule has 3 nitrogen and oxygen atoms in total. The van der Waals surface area contributed by atoms with E-state index in [1.165, 1.54) is 38.0 Å². The van der Waals surface area contributed by atoms with Gasteiger partial charge in [0.05, 0.1) is 0 Å². The maximum Gasteiger partial charge on any atom is 0.0318 e. The molecule has 1 heterocycles. The molecule has 2 N–H and O–H groups in total. The van der Waals surface area contributed by atoms with Crippen LogP contribution in [0.1, 0.15) is 18.4 Å². The largest absolute Gasteiger partial charge is 0.399 e. The maximum atomic E-state index is 5.83. The van der Waals surface area contributed by atoms with Gasteiger partial charge < -0.3 is 15.5 Å². The molecule has 0 aromatic heterocycles. The third kappa shape index (κ3) is 3.97. The fraction of sp³-hybridized carbons (Fsp3) is 0.571. The van der Waals surface area contributed by atoms with Crippen molar-refractivity contribution in [2.75, 3.05) is 39.0 Å². The van der Waals surface area contributed by atoms with E-state index in [1.807, 2.05) is 12.1 Å². The summed E-state index contributed by atoms with van der Waals surface area (Å²) in [5.41, 5.74) is 7.93. The Morgan fingerprint density at radius 3 is 2.78 bits per heavy atom. The molecule has 0 spiro atoms. The number of anilines is 1. The predicted octanol–water partition coefficient (Wildman–Crippen LogP) is 2.56. The van der Waals surface area contributed by atoms with Gasteiger partial charge in [0.2, 0.25) is 0 Å². The minimum Gasteiger partial charge on any atom is -0.399 e. The standard InChI is InChI=1S/C14H22BrN3/c1-17(8-9-18-6-2-3-7-18)11-12-10-13(16)4-5-14(12)15/h4-5,10H,2-3,6-9,11,16H2,1H3. The molecule has 0 bridgehead atoms. The molecule has 2 rings (SSSR count). The minimum absolute atomic E-state index is 0.834. The van der Waals surface area contributed by atoms with E-state index in [9.17, 15) is 0 Å². The Labute approximate surface area is 118 Å². The van der Waals surface area contributed by atoms with Crippen molar-refractivity contribution in [2.24, 2.45) is 0 Å². The van der Waals surface area contributed by atoms with Crippen LogP contribution in [-0.2, 0) is 6.54 Å². The molecule has 1 aromatic rings. The number of hydrogen-bond donors (Lipinski definition) is 1. The molecular formula is C14H22BrN3. The van der Waals surface area contributed by atoms with Crippen molar-refractivity contribution in [1.82, 2.24) is 9.80 Å². The molecular weight excluding hydrogens is 290 g/mol. The van der Waals surface area contributed by atoms with Gasteiger partial charge in [-0.15, -0.1) is 0 Å². The topological polar surface area (TPSA) is 32.5 Å². The zero-order chi connectivity index (χ0) is 13.0. The first-order valence-electron chi connectivity index (χ1n) is 6.60. The summed E-state index contributed by atoms with van der Waals surface area (Å²) in [5, 5.41) is 0. The lowest BCUT2D eigenvalue weighted by atomic mass is 10.2. The van der Waals surface area contributed by atoms with Gasteiger partial charge in [0.15, 0.2) is 0 Å². The monoisotopic (exact) mass is 311 g/mol. The highest BCUT2D eigenvalue weighted by Gasteiger charge is 2.12. The summed E-state index contributed by atoms with van der Waals surface area (Å²) in [4.78, 5) is 4.91. The van der Waals surface area contributed by atoms with Crippen LogP contribution in [-0.4, -0.2) is 43.0 Å². The number of nitrogen functional groups attached to an aromatic ring is 1. The summed E-state index contributed by atoms with van der Waals surface area (Å²) in [5.74, 6) is 0. The lowest BCUT2D eigenvalue weighted by molar-refractivity contribution is 0.252. The van der Waals surface area contributed by atoms with Crippen LogP contribution in [0.15, 0.2) is 22.7 Å². The lowest BCUT2D eigenvalue weighted by Crippen LogP contribution is -2.31. The number of rotatable bonds is 5. The highest BCUT2D eigenvalue weighted by molar-refractivity contribution is 9.10. The van der Waals surface area contributed by atoms with Crippen LogP contribution in [0.2, 0.25) is 0 Å². The van der Waals surface area contributed by atoms with Gasteiger partial charge in [-0.2, -0.15) is 0 Å². The molecule has 1 aliphatic heterocycles.